The van der Waals surface area contributed by atoms with E-state index >= 15 is 0 Å². The number of carbonyl (C=O) groups excluding carboxylic acids is 1. The van der Waals surface area contributed by atoms with E-state index in [0.717, 1.165) is 26.1 Å². The molecule has 6 heteroatoms. The molecule has 20 heavy (non-hydrogen) atoms. The third-order valence-corrected chi connectivity index (χ3v) is 3.01. The number of ether oxygens (including phenoxy) is 1. The van der Waals surface area contributed by atoms with Crippen LogP contribution in [0, 0.1) is 0 Å². The summed E-state index contributed by atoms with van der Waals surface area (Å²) >= 11 is 0. The maximum atomic E-state index is 11.6. The van der Waals surface area contributed by atoms with E-state index in [2.05, 4.69) is 17.2 Å². The maximum absolute atomic E-state index is 11.6. The van der Waals surface area contributed by atoms with Crippen LogP contribution in [0.25, 0.3) is 0 Å². The molecule has 0 saturated heterocycles. The van der Waals surface area contributed by atoms with Crippen molar-refractivity contribution < 1.29 is 14.6 Å². The van der Waals surface area contributed by atoms with E-state index in [9.17, 15) is 4.79 Å². The summed E-state index contributed by atoms with van der Waals surface area (Å²) in [4.78, 5) is 13.8. The maximum Gasteiger partial charge on any atom is 0.268 e. The Morgan fingerprint density at radius 1 is 1.40 bits per heavy atom. The average molecular weight is 281 g/mol. The van der Waals surface area contributed by atoms with Gasteiger partial charge < -0.3 is 14.7 Å². The number of hydrogen-bond acceptors (Lipinski definition) is 5. The van der Waals surface area contributed by atoms with Gasteiger partial charge in [0.1, 0.15) is 12.4 Å². The van der Waals surface area contributed by atoms with Crippen LogP contribution in [-0.4, -0.2) is 48.8 Å². The molecule has 0 unspecified atom stereocenters. The van der Waals surface area contributed by atoms with Gasteiger partial charge in [-0.2, -0.15) is 0 Å². The lowest BCUT2D eigenvalue weighted by Crippen LogP contribution is -2.31. The highest BCUT2D eigenvalue weighted by Gasteiger charge is 2.10. The van der Waals surface area contributed by atoms with E-state index in [1.54, 1.807) is 18.2 Å². The number of nitrogens with two attached hydrogens (primary N) is 1. The van der Waals surface area contributed by atoms with E-state index in [-0.39, 0.29) is 12.5 Å². The summed E-state index contributed by atoms with van der Waals surface area (Å²) in [7, 11) is 0. The lowest BCUT2D eigenvalue weighted by molar-refractivity contribution is 0.0948. The molecule has 0 spiro atoms. The van der Waals surface area contributed by atoms with Gasteiger partial charge in [0.25, 0.3) is 5.91 Å². The molecule has 0 atom stereocenters. The number of para-hydroxylation sites is 1. The predicted octanol–water partition coefficient (Wildman–Crippen LogP) is 0.373. The van der Waals surface area contributed by atoms with Crippen LogP contribution >= 0.6 is 0 Å². The standard InChI is InChI=1S/C14H23N3O3/c1-2-17(8-5-10-18)9-11-20-13-7-4-3-6-12(13)14(19)16-15/h3-4,6-7,18H,2,5,8-11,15H2,1H3,(H,16,19). The zero-order valence-corrected chi connectivity index (χ0v) is 11.8. The number of rotatable bonds is 9. The second-order valence-corrected chi connectivity index (χ2v) is 4.33. The Morgan fingerprint density at radius 3 is 2.80 bits per heavy atom. The third kappa shape index (κ3) is 5.16. The van der Waals surface area contributed by atoms with Crippen LogP contribution in [0.2, 0.25) is 0 Å². The first-order chi connectivity index (χ1) is 9.72. The second kappa shape index (κ2) is 9.30. The van der Waals surface area contributed by atoms with Crippen molar-refractivity contribution in [1.29, 1.82) is 0 Å². The Hall–Kier alpha value is -1.63. The minimum absolute atomic E-state index is 0.191. The van der Waals surface area contributed by atoms with E-state index in [1.807, 2.05) is 6.07 Å². The molecule has 0 saturated carbocycles. The van der Waals surface area contributed by atoms with Crippen molar-refractivity contribution in [3.05, 3.63) is 29.8 Å². The number of carbonyl (C=O) groups is 1. The Bertz CT molecular complexity index is 412. The van der Waals surface area contributed by atoms with E-state index in [1.165, 1.54) is 0 Å². The fourth-order valence-corrected chi connectivity index (χ4v) is 1.86. The Labute approximate surface area is 119 Å². The first kappa shape index (κ1) is 16.4. The topological polar surface area (TPSA) is 87.8 Å². The normalized spacial score (nSPS) is 10.6. The van der Waals surface area contributed by atoms with Crippen LogP contribution in [-0.2, 0) is 0 Å². The molecule has 0 aliphatic rings. The van der Waals surface area contributed by atoms with Gasteiger partial charge in [-0.15, -0.1) is 0 Å². The van der Waals surface area contributed by atoms with Gasteiger partial charge in [0.05, 0.1) is 5.56 Å². The summed E-state index contributed by atoms with van der Waals surface area (Å²) in [6, 6.07) is 6.98. The van der Waals surface area contributed by atoms with Crippen molar-refractivity contribution >= 4 is 5.91 Å². The van der Waals surface area contributed by atoms with Gasteiger partial charge in [-0.05, 0) is 25.1 Å². The van der Waals surface area contributed by atoms with Crippen molar-refractivity contribution in [2.75, 3.05) is 32.8 Å². The fourth-order valence-electron chi connectivity index (χ4n) is 1.86. The van der Waals surface area contributed by atoms with Crippen molar-refractivity contribution in [1.82, 2.24) is 10.3 Å². The number of hydrogen-bond donors (Lipinski definition) is 3. The summed E-state index contributed by atoms with van der Waals surface area (Å²) in [5.41, 5.74) is 2.53. The van der Waals surface area contributed by atoms with Crippen LogP contribution in [0.15, 0.2) is 24.3 Å². The number of benzene rings is 1. The minimum Gasteiger partial charge on any atom is -0.491 e. The molecule has 1 aromatic carbocycles. The molecule has 0 aliphatic carbocycles. The number of nitrogens with zero attached hydrogens (tertiary/aromatic N) is 1. The summed E-state index contributed by atoms with van der Waals surface area (Å²) in [5, 5.41) is 8.82. The van der Waals surface area contributed by atoms with Gasteiger partial charge in [-0.3, -0.25) is 10.2 Å². The van der Waals surface area contributed by atoms with Gasteiger partial charge in [0, 0.05) is 19.7 Å². The molecule has 0 aliphatic heterocycles. The molecule has 0 aromatic heterocycles. The lowest BCUT2D eigenvalue weighted by atomic mass is 10.2. The molecule has 0 radical (unpaired) electrons. The third-order valence-electron chi connectivity index (χ3n) is 3.01. The number of aliphatic hydroxyl groups is 1. The summed E-state index contributed by atoms with van der Waals surface area (Å²) in [6.07, 6.45) is 0.750. The number of amides is 1. The van der Waals surface area contributed by atoms with Crippen molar-refractivity contribution in [2.24, 2.45) is 5.84 Å². The van der Waals surface area contributed by atoms with E-state index < -0.39 is 0 Å². The van der Waals surface area contributed by atoms with E-state index in [0.29, 0.717) is 17.9 Å². The first-order valence-corrected chi connectivity index (χ1v) is 6.78. The second-order valence-electron chi connectivity index (χ2n) is 4.33. The van der Waals surface area contributed by atoms with Crippen molar-refractivity contribution in [3.8, 4) is 5.75 Å². The zero-order chi connectivity index (χ0) is 14.8. The van der Waals surface area contributed by atoms with Gasteiger partial charge in [0.2, 0.25) is 0 Å². The molecule has 0 fully saturated rings. The molecule has 1 amide bonds. The van der Waals surface area contributed by atoms with Crippen molar-refractivity contribution in [3.63, 3.8) is 0 Å². The molecule has 0 heterocycles. The number of likely N-dealkylation sites (N-methyl/N-ethyl adjacent to an activating group) is 1. The van der Waals surface area contributed by atoms with Crippen LogP contribution in [0.1, 0.15) is 23.7 Å². The van der Waals surface area contributed by atoms with Gasteiger partial charge in [0.15, 0.2) is 0 Å². The minimum atomic E-state index is -0.367. The molecule has 4 N–H and O–H groups in total. The molecule has 0 bridgehead atoms. The van der Waals surface area contributed by atoms with Crippen LogP contribution in [0.3, 0.4) is 0 Å². The monoisotopic (exact) mass is 281 g/mol. The highest BCUT2D eigenvalue weighted by atomic mass is 16.5. The summed E-state index contributed by atoms with van der Waals surface area (Å²) in [5.74, 6) is 5.29. The van der Waals surface area contributed by atoms with Crippen LogP contribution in [0.5, 0.6) is 5.75 Å². The highest BCUT2D eigenvalue weighted by Crippen LogP contribution is 2.17. The summed E-state index contributed by atoms with van der Waals surface area (Å²) in [6.45, 7) is 5.21. The first-order valence-electron chi connectivity index (χ1n) is 6.78. The molecule has 1 rings (SSSR count). The lowest BCUT2D eigenvalue weighted by Gasteiger charge is -2.20. The van der Waals surface area contributed by atoms with Gasteiger partial charge >= 0.3 is 0 Å². The van der Waals surface area contributed by atoms with Crippen LogP contribution < -0.4 is 16.0 Å². The van der Waals surface area contributed by atoms with Crippen molar-refractivity contribution in [2.45, 2.75) is 13.3 Å². The number of nitrogen functional groups attached to an aromatic ring is 1. The highest BCUT2D eigenvalue weighted by molar-refractivity contribution is 5.96. The number of nitrogens with one attached hydrogen (secondary N) is 1. The fraction of sp³-hybridized carbons (Fsp3) is 0.500. The summed E-state index contributed by atoms with van der Waals surface area (Å²) < 4.78 is 5.65. The molecule has 1 aromatic rings. The van der Waals surface area contributed by atoms with Crippen LogP contribution in [0.4, 0.5) is 0 Å². The molecular formula is C14H23N3O3. The average Bonchev–Trinajstić information content (AvgIpc) is 2.50. The Morgan fingerprint density at radius 2 is 2.15 bits per heavy atom. The number of aliphatic hydroxyl groups excluding tert-OH is 1. The molecular weight excluding hydrogens is 258 g/mol. The number of hydrazine groups is 1. The molecule has 6 nitrogen and oxygen atoms in total. The van der Waals surface area contributed by atoms with Gasteiger partial charge in [-0.25, -0.2) is 5.84 Å². The Kier molecular flexibility index (Phi) is 7.64. The molecule has 112 valence electrons. The quantitative estimate of drug-likeness (QED) is 0.346. The largest absolute Gasteiger partial charge is 0.491 e. The SMILES string of the molecule is CCN(CCCO)CCOc1ccccc1C(=O)NN. The van der Waals surface area contributed by atoms with Gasteiger partial charge in [-0.1, -0.05) is 19.1 Å². The smallest absolute Gasteiger partial charge is 0.268 e. The zero-order valence-electron chi connectivity index (χ0n) is 11.8. The van der Waals surface area contributed by atoms with E-state index in [4.69, 9.17) is 15.7 Å². The predicted molar refractivity (Wildman–Crippen MR) is 77.4 cm³/mol. The Balaban J connectivity index is 2.51.